The molecule has 8 fully saturated rings. The molecular weight excluding hydrogens is 819 g/mol. The zero-order chi connectivity index (χ0) is 44.5. The second-order valence-corrected chi connectivity index (χ2v) is 20.6. The first-order valence-corrected chi connectivity index (χ1v) is 23.6. The normalized spacial score (nSPS) is 33.4. The Balaban J connectivity index is 0.971. The van der Waals surface area contributed by atoms with Crippen molar-refractivity contribution in [3.8, 4) is 0 Å². The number of esters is 2. The molecule has 4 saturated heterocycles. The van der Waals surface area contributed by atoms with E-state index in [9.17, 15) is 19.5 Å². The first-order chi connectivity index (χ1) is 30.8. The Kier molecular flexibility index (Phi) is 11.5. The van der Waals surface area contributed by atoms with Crippen molar-refractivity contribution in [3.63, 3.8) is 0 Å². The van der Waals surface area contributed by atoms with Crippen molar-refractivity contribution in [3.05, 3.63) is 77.4 Å². The highest BCUT2D eigenvalue weighted by Crippen LogP contribution is 2.64. The Bertz CT molecular complexity index is 2120. The van der Waals surface area contributed by atoms with E-state index in [0.29, 0.717) is 18.1 Å². The lowest BCUT2D eigenvalue weighted by molar-refractivity contribution is -0.235. The van der Waals surface area contributed by atoms with Crippen LogP contribution in [0.15, 0.2) is 60.7 Å². The minimum Gasteiger partial charge on any atom is -0.460 e. The molecule has 4 saturated carbocycles. The number of allylic oxidation sites excluding steroid dienone is 1. The van der Waals surface area contributed by atoms with Crippen LogP contribution in [-0.4, -0.2) is 119 Å². The maximum Gasteiger partial charge on any atom is 0.327 e. The van der Waals surface area contributed by atoms with Crippen molar-refractivity contribution in [2.75, 3.05) is 13.7 Å². The summed E-state index contributed by atoms with van der Waals surface area (Å²) >= 11 is 0. The number of ether oxygens (including phenoxy) is 5. The Morgan fingerprint density at radius 2 is 1.67 bits per heavy atom. The zero-order valence-electron chi connectivity index (χ0n) is 37.4. The number of carbonyl (C=O) groups is 4. The van der Waals surface area contributed by atoms with Gasteiger partial charge in [-0.15, -0.1) is 0 Å². The topological polar surface area (TPSA) is 166 Å². The Hall–Kier alpha value is -4.18. The SMILES string of the molecule is CN(C(=O)[C@@]12C[C@H]3OC(=O)[C@@H]1N(Cc1ccccc1C=CC1CCC4OC4C1)O[C@@H]2[C@H]1OC(C2CC2)(C2CC2)O[C@H]13)[C@H](Cc1ccccc1)C(=O)N[C@H](CO)CCC(=O)OC(C)(C)C. The summed E-state index contributed by atoms with van der Waals surface area (Å²) in [7, 11) is 1.61. The van der Waals surface area contributed by atoms with Gasteiger partial charge in [0.1, 0.15) is 41.5 Å². The van der Waals surface area contributed by atoms with Crippen molar-refractivity contribution in [2.45, 2.75) is 164 Å². The van der Waals surface area contributed by atoms with Crippen LogP contribution in [0.4, 0.5) is 0 Å². The van der Waals surface area contributed by atoms with Gasteiger partial charge in [0.2, 0.25) is 11.8 Å². The summed E-state index contributed by atoms with van der Waals surface area (Å²) in [4.78, 5) is 66.3. The van der Waals surface area contributed by atoms with E-state index < -0.39 is 89.7 Å². The molecule has 11 atom stereocenters. The second-order valence-electron chi connectivity index (χ2n) is 20.6. The van der Waals surface area contributed by atoms with Gasteiger partial charge in [-0.2, -0.15) is 5.06 Å². The molecule has 2 aromatic carbocycles. The summed E-state index contributed by atoms with van der Waals surface area (Å²) in [6, 6.07) is 14.5. The van der Waals surface area contributed by atoms with Crippen LogP contribution in [-0.2, 0) is 60.7 Å². The monoisotopic (exact) mass is 881 g/mol. The van der Waals surface area contributed by atoms with Gasteiger partial charge in [-0.25, -0.2) is 0 Å². The number of hydrogen-bond donors (Lipinski definition) is 2. The zero-order valence-corrected chi connectivity index (χ0v) is 37.4. The minimum absolute atomic E-state index is 0.0206. The van der Waals surface area contributed by atoms with Crippen molar-refractivity contribution in [1.82, 2.24) is 15.3 Å². The standard InChI is InChI=1S/C50H63N3O11/c1-48(2,3)61-40(55)23-21-35(28-54)51-45(56)36(24-29-10-6-5-7-11-29)52(4)47(58)49-26-39-41-42(63-50(62-41,33-17-18-33)34-19-20-34)44(49)64-53(43(49)46(57)60-39)27-32-13-9-8-12-31(32)16-14-30-15-22-37-38(25-30)59-37/h5-14,16,30,33-39,41-44,54H,15,17-28H2,1-4H3,(H,51,56)/t30?,35-,36+,37?,38?,39+,41-,42-,43-,44+,49-/m0/s1. The molecule has 344 valence electrons. The number of epoxide rings is 1. The lowest BCUT2D eigenvalue weighted by Crippen LogP contribution is -2.70. The van der Waals surface area contributed by atoms with Gasteiger partial charge in [0, 0.05) is 38.1 Å². The van der Waals surface area contributed by atoms with E-state index in [-0.39, 0.29) is 44.1 Å². The summed E-state index contributed by atoms with van der Waals surface area (Å²) in [6.45, 7) is 5.11. The molecule has 14 nitrogen and oxygen atoms in total. The van der Waals surface area contributed by atoms with Gasteiger partial charge in [-0.3, -0.25) is 24.0 Å². The van der Waals surface area contributed by atoms with Crippen LogP contribution in [0.3, 0.4) is 0 Å². The van der Waals surface area contributed by atoms with E-state index in [1.165, 1.54) is 4.90 Å². The highest BCUT2D eigenvalue weighted by Gasteiger charge is 2.78. The van der Waals surface area contributed by atoms with Crippen LogP contribution >= 0.6 is 0 Å². The maximum absolute atomic E-state index is 15.9. The Morgan fingerprint density at radius 3 is 2.38 bits per heavy atom. The average Bonchev–Trinajstić information content (AvgIpc) is 4.18. The molecule has 2 bridgehead atoms. The fourth-order valence-corrected chi connectivity index (χ4v) is 11.4. The maximum atomic E-state index is 15.9. The van der Waals surface area contributed by atoms with Crippen molar-refractivity contribution < 1.29 is 52.8 Å². The van der Waals surface area contributed by atoms with E-state index in [0.717, 1.165) is 61.6 Å². The summed E-state index contributed by atoms with van der Waals surface area (Å²) in [5, 5.41) is 15.0. The van der Waals surface area contributed by atoms with Crippen LogP contribution in [0.25, 0.3) is 6.08 Å². The summed E-state index contributed by atoms with van der Waals surface area (Å²) in [6.07, 6.45) is 9.65. The molecule has 0 spiro atoms. The quantitative estimate of drug-likeness (QED) is 0.171. The molecular formula is C50H63N3O11. The van der Waals surface area contributed by atoms with Crippen LogP contribution in [0.2, 0.25) is 0 Å². The summed E-state index contributed by atoms with van der Waals surface area (Å²) in [5.74, 6) is -1.91. The van der Waals surface area contributed by atoms with Crippen LogP contribution in [0.1, 0.15) is 102 Å². The lowest BCUT2D eigenvalue weighted by Gasteiger charge is -2.50. The number of nitrogens with one attached hydrogen (secondary N) is 1. The third kappa shape index (κ3) is 8.32. The van der Waals surface area contributed by atoms with Gasteiger partial charge >= 0.3 is 11.9 Å². The number of hydroxylamine groups is 2. The van der Waals surface area contributed by atoms with Crippen LogP contribution < -0.4 is 5.32 Å². The molecule has 2 amide bonds. The minimum atomic E-state index is -1.50. The smallest absolute Gasteiger partial charge is 0.327 e. The van der Waals surface area contributed by atoms with Crippen LogP contribution in [0, 0.1) is 23.2 Å². The molecule has 0 aromatic heterocycles. The fraction of sp³-hybridized carbons (Fsp3) is 0.640. The number of aliphatic hydroxyl groups excluding tert-OH is 1. The molecule has 3 unspecified atom stereocenters. The van der Waals surface area contributed by atoms with Gasteiger partial charge < -0.3 is 39.0 Å². The Labute approximate surface area is 375 Å². The molecule has 2 N–H and O–H groups in total. The van der Waals surface area contributed by atoms with E-state index in [1.54, 1.807) is 32.9 Å². The number of benzene rings is 2. The van der Waals surface area contributed by atoms with Crippen molar-refractivity contribution in [2.24, 2.45) is 23.2 Å². The molecule has 8 aliphatic rings. The largest absolute Gasteiger partial charge is 0.460 e. The first-order valence-electron chi connectivity index (χ1n) is 23.6. The van der Waals surface area contributed by atoms with Gasteiger partial charge in [-0.1, -0.05) is 66.7 Å². The van der Waals surface area contributed by atoms with Gasteiger partial charge in [0.15, 0.2) is 11.8 Å². The van der Waals surface area contributed by atoms with E-state index >= 15 is 4.79 Å². The second kappa shape index (κ2) is 16.9. The number of carbonyl (C=O) groups excluding carboxylic acids is 4. The third-order valence-corrected chi connectivity index (χ3v) is 14.9. The molecule has 64 heavy (non-hydrogen) atoms. The molecule has 14 heteroatoms. The number of aliphatic hydroxyl groups is 1. The number of nitrogens with zero attached hydrogens (tertiary/aromatic N) is 2. The molecule has 4 heterocycles. The number of amides is 2. The molecule has 4 aliphatic heterocycles. The van der Waals surface area contributed by atoms with Gasteiger partial charge in [-0.05, 0) is 94.7 Å². The predicted molar refractivity (Wildman–Crippen MR) is 231 cm³/mol. The number of hydrogen-bond acceptors (Lipinski definition) is 12. The third-order valence-electron chi connectivity index (χ3n) is 14.9. The van der Waals surface area contributed by atoms with Crippen molar-refractivity contribution in [1.29, 1.82) is 0 Å². The van der Waals surface area contributed by atoms with E-state index in [2.05, 4.69) is 23.5 Å². The molecule has 2 aromatic rings. The van der Waals surface area contributed by atoms with Crippen LogP contribution in [0.5, 0.6) is 0 Å². The number of rotatable bonds is 16. The number of likely N-dealkylation sites (N-methyl/N-ethyl adjacent to an activating group) is 1. The number of fused-ring (bicyclic) bond motifs is 5. The predicted octanol–water partition coefficient (Wildman–Crippen LogP) is 5.04. The summed E-state index contributed by atoms with van der Waals surface area (Å²) in [5.41, 5.74) is 0.544. The fourth-order valence-electron chi connectivity index (χ4n) is 11.4. The van der Waals surface area contributed by atoms with E-state index in [1.807, 2.05) is 48.5 Å². The lowest BCUT2D eigenvalue weighted by atomic mass is 9.62. The molecule has 0 radical (unpaired) electrons. The van der Waals surface area contributed by atoms with E-state index in [4.69, 9.17) is 28.5 Å². The molecule has 10 rings (SSSR count). The highest BCUT2D eigenvalue weighted by atomic mass is 16.8. The van der Waals surface area contributed by atoms with Gasteiger partial charge in [0.05, 0.1) is 31.4 Å². The van der Waals surface area contributed by atoms with Crippen molar-refractivity contribution >= 4 is 29.8 Å². The first kappa shape index (κ1) is 43.7. The average molecular weight is 882 g/mol. The summed E-state index contributed by atoms with van der Waals surface area (Å²) < 4.78 is 31.7. The Morgan fingerprint density at radius 1 is 0.953 bits per heavy atom. The highest BCUT2D eigenvalue weighted by molar-refractivity contribution is 5.96. The van der Waals surface area contributed by atoms with Gasteiger partial charge in [0.25, 0.3) is 0 Å². The molecule has 4 aliphatic carbocycles.